The topological polar surface area (TPSA) is 94.7 Å². The van der Waals surface area contributed by atoms with E-state index in [0.29, 0.717) is 11.4 Å². The number of alkyl halides is 5. The molecule has 12 heteroatoms. The van der Waals surface area contributed by atoms with E-state index in [1.165, 1.54) is 16.8 Å². The van der Waals surface area contributed by atoms with Crippen molar-refractivity contribution in [3.05, 3.63) is 70.0 Å². The number of halogens is 5. The van der Waals surface area contributed by atoms with Crippen LogP contribution < -0.4 is 10.5 Å². The molecule has 1 atom stereocenters. The first kappa shape index (κ1) is 22.3. The Kier molecular flexibility index (Phi) is 4.96. The molecule has 0 bridgehead atoms. The second kappa shape index (κ2) is 7.33. The third kappa shape index (κ3) is 3.23. The highest BCUT2D eigenvalue weighted by molar-refractivity contribution is 5.59. The molecule has 0 saturated carbocycles. The average Bonchev–Trinajstić information content (AvgIpc) is 3.24. The van der Waals surface area contributed by atoms with Crippen LogP contribution in [0, 0.1) is 25.2 Å². The fraction of sp³-hybridized carbons (Fsp3) is 0.286. The zero-order chi connectivity index (χ0) is 24.3. The lowest BCUT2D eigenvalue weighted by atomic mass is 9.82. The second-order valence-corrected chi connectivity index (χ2v) is 7.52. The minimum atomic E-state index is -5.94. The number of rotatable bonds is 3. The van der Waals surface area contributed by atoms with Gasteiger partial charge in [-0.2, -0.15) is 42.1 Å². The molecule has 1 aliphatic heterocycles. The minimum Gasteiger partial charge on any atom is -0.422 e. The number of nitriles is 1. The predicted molar refractivity (Wildman–Crippen MR) is 105 cm³/mol. The van der Waals surface area contributed by atoms with Gasteiger partial charge in [-0.3, -0.25) is 4.68 Å². The van der Waals surface area contributed by atoms with Crippen molar-refractivity contribution in [1.29, 1.82) is 5.26 Å². The van der Waals surface area contributed by atoms with Gasteiger partial charge in [-0.25, -0.2) is 0 Å². The van der Waals surface area contributed by atoms with Gasteiger partial charge >= 0.3 is 12.1 Å². The van der Waals surface area contributed by atoms with E-state index in [4.69, 9.17) is 10.5 Å². The van der Waals surface area contributed by atoms with Crippen molar-refractivity contribution < 1.29 is 26.7 Å². The molecule has 0 aliphatic carbocycles. The van der Waals surface area contributed by atoms with Crippen LogP contribution in [0.4, 0.5) is 22.0 Å². The first-order valence-corrected chi connectivity index (χ1v) is 9.61. The van der Waals surface area contributed by atoms with E-state index >= 15 is 0 Å². The molecule has 2 N–H and O–H groups in total. The number of hydrogen-bond acceptors (Lipinski definition) is 5. The number of ether oxygens (including phenoxy) is 1. The van der Waals surface area contributed by atoms with Crippen molar-refractivity contribution in [1.82, 2.24) is 19.6 Å². The van der Waals surface area contributed by atoms with Gasteiger partial charge in [0, 0.05) is 18.3 Å². The molecule has 3 aromatic rings. The number of hydrogen-bond donors (Lipinski definition) is 1. The van der Waals surface area contributed by atoms with Crippen molar-refractivity contribution in [2.24, 2.45) is 12.8 Å². The summed E-state index contributed by atoms with van der Waals surface area (Å²) < 4.78 is 77.8. The van der Waals surface area contributed by atoms with Crippen LogP contribution in [0.5, 0.6) is 5.88 Å². The highest BCUT2D eigenvalue weighted by Crippen LogP contribution is 2.53. The summed E-state index contributed by atoms with van der Waals surface area (Å²) >= 11 is 0. The molecule has 172 valence electrons. The number of nitrogens with two attached hydrogens (primary N) is 1. The molecule has 0 radical (unpaired) electrons. The summed E-state index contributed by atoms with van der Waals surface area (Å²) in [6, 6.07) is 9.47. The minimum absolute atomic E-state index is 0.171. The van der Waals surface area contributed by atoms with Crippen molar-refractivity contribution >= 4 is 0 Å². The van der Waals surface area contributed by atoms with Gasteiger partial charge in [0.1, 0.15) is 17.3 Å². The van der Waals surface area contributed by atoms with Crippen LogP contribution in [0.15, 0.2) is 41.8 Å². The summed E-state index contributed by atoms with van der Waals surface area (Å²) in [6.45, 7) is 3.17. The molecule has 0 fully saturated rings. The Hall–Kier alpha value is -3.88. The zero-order valence-electron chi connectivity index (χ0n) is 17.6. The summed E-state index contributed by atoms with van der Waals surface area (Å²) in [6.07, 6.45) is -5.94. The maximum absolute atomic E-state index is 14.8. The molecule has 1 aliphatic rings. The van der Waals surface area contributed by atoms with E-state index in [2.05, 4.69) is 10.2 Å². The molecular weight excluding hydrogens is 447 g/mol. The Morgan fingerprint density at radius 1 is 1.06 bits per heavy atom. The van der Waals surface area contributed by atoms with Crippen LogP contribution in [0.25, 0.3) is 5.69 Å². The molecule has 3 heterocycles. The molecule has 4 rings (SSSR count). The quantitative estimate of drug-likeness (QED) is 0.589. The van der Waals surface area contributed by atoms with Crippen LogP contribution in [0.2, 0.25) is 0 Å². The summed E-state index contributed by atoms with van der Waals surface area (Å²) in [5.74, 6) is -7.58. The van der Waals surface area contributed by atoms with Crippen LogP contribution in [-0.4, -0.2) is 25.7 Å². The van der Waals surface area contributed by atoms with E-state index in [-0.39, 0.29) is 16.8 Å². The van der Waals surface area contributed by atoms with Crippen molar-refractivity contribution in [3.8, 4) is 17.6 Å². The Morgan fingerprint density at radius 3 is 2.21 bits per heavy atom. The van der Waals surface area contributed by atoms with Crippen molar-refractivity contribution in [2.45, 2.75) is 31.9 Å². The fourth-order valence-electron chi connectivity index (χ4n) is 3.95. The molecule has 7 nitrogen and oxygen atoms in total. The van der Waals surface area contributed by atoms with Crippen LogP contribution in [0.3, 0.4) is 0 Å². The molecule has 0 spiro atoms. The highest BCUT2D eigenvalue weighted by atomic mass is 19.4. The number of fused-ring (bicyclic) bond motifs is 1. The van der Waals surface area contributed by atoms with Crippen LogP contribution >= 0.6 is 0 Å². The summed E-state index contributed by atoms with van der Waals surface area (Å²) in [7, 11) is 1.59. The maximum atomic E-state index is 14.8. The molecular formula is C21H17F5N6O. The van der Waals surface area contributed by atoms with Gasteiger partial charge in [0.2, 0.25) is 11.8 Å². The standard InChI is InChI=1S/C21H17F5N6O/c1-10-14(11(2)31(3)29-10)15-13(9-27)18(28)33-19-16(15)17(20(22,23)21(24,25)26)30-32(19)12-7-5-4-6-8-12/h4-8,15H,28H2,1-3H3. The highest BCUT2D eigenvalue weighted by Gasteiger charge is 2.63. The third-order valence-electron chi connectivity index (χ3n) is 5.56. The van der Waals surface area contributed by atoms with Gasteiger partial charge in [0.05, 0.1) is 22.9 Å². The largest absolute Gasteiger partial charge is 0.459 e. The second-order valence-electron chi connectivity index (χ2n) is 7.52. The molecule has 1 aromatic carbocycles. The van der Waals surface area contributed by atoms with E-state index in [9.17, 15) is 27.2 Å². The van der Waals surface area contributed by atoms with Gasteiger partial charge in [0.15, 0.2) is 0 Å². The van der Waals surface area contributed by atoms with Crippen molar-refractivity contribution in [2.75, 3.05) is 0 Å². The van der Waals surface area contributed by atoms with E-state index in [1.54, 1.807) is 45.2 Å². The number of para-hydroxylation sites is 1. The van der Waals surface area contributed by atoms with Gasteiger partial charge < -0.3 is 10.5 Å². The summed E-state index contributed by atoms with van der Waals surface area (Å²) in [5.41, 5.74) is 4.71. The predicted octanol–water partition coefficient (Wildman–Crippen LogP) is 4.09. The van der Waals surface area contributed by atoms with Gasteiger partial charge in [-0.1, -0.05) is 18.2 Å². The SMILES string of the molecule is Cc1nn(C)c(C)c1C1C(C#N)=C(N)Oc2c1c(C(F)(F)C(F)(F)F)nn2-c1ccccc1. The number of benzene rings is 1. The van der Waals surface area contributed by atoms with Crippen molar-refractivity contribution in [3.63, 3.8) is 0 Å². The number of allylic oxidation sites excluding steroid dienone is 1. The lowest BCUT2D eigenvalue weighted by Gasteiger charge is -2.27. The number of aryl methyl sites for hydroxylation is 2. The lowest BCUT2D eigenvalue weighted by molar-refractivity contribution is -0.291. The van der Waals surface area contributed by atoms with E-state index < -0.39 is 41.0 Å². The lowest BCUT2D eigenvalue weighted by Crippen LogP contribution is -2.36. The molecule has 0 amide bonds. The zero-order valence-corrected chi connectivity index (χ0v) is 17.6. The summed E-state index contributed by atoms with van der Waals surface area (Å²) in [4.78, 5) is 0. The first-order chi connectivity index (χ1) is 15.4. The Bertz CT molecular complexity index is 1310. The van der Waals surface area contributed by atoms with E-state index in [1.807, 2.05) is 0 Å². The fourth-order valence-corrected chi connectivity index (χ4v) is 3.95. The average molecular weight is 464 g/mol. The first-order valence-electron chi connectivity index (χ1n) is 9.61. The normalized spacial score (nSPS) is 16.4. The Morgan fingerprint density at radius 2 is 1.70 bits per heavy atom. The molecule has 1 unspecified atom stereocenters. The number of aromatic nitrogens is 4. The summed E-state index contributed by atoms with van der Waals surface area (Å²) in [5, 5.41) is 17.6. The molecule has 33 heavy (non-hydrogen) atoms. The molecule has 2 aromatic heterocycles. The number of nitrogens with zero attached hydrogens (tertiary/aromatic N) is 5. The molecule has 0 saturated heterocycles. The van der Waals surface area contributed by atoms with E-state index in [0.717, 1.165) is 4.68 Å². The smallest absolute Gasteiger partial charge is 0.422 e. The monoisotopic (exact) mass is 464 g/mol. The Balaban J connectivity index is 2.14. The van der Waals surface area contributed by atoms with Crippen LogP contribution in [-0.2, 0) is 13.0 Å². The Labute approximate surface area is 184 Å². The van der Waals surface area contributed by atoms with Gasteiger partial charge in [0.25, 0.3) is 0 Å². The maximum Gasteiger partial charge on any atom is 0.459 e. The van der Waals surface area contributed by atoms with Crippen LogP contribution in [0.1, 0.15) is 34.1 Å². The van der Waals surface area contributed by atoms with Gasteiger partial charge in [-0.05, 0) is 26.0 Å². The third-order valence-corrected chi connectivity index (χ3v) is 5.56. The van der Waals surface area contributed by atoms with Gasteiger partial charge in [-0.15, -0.1) is 0 Å².